The maximum atomic E-state index is 9.45. The Hall–Kier alpha value is -0.540. The Bertz CT molecular complexity index is 341. The molecule has 1 aliphatic rings. The molecule has 8 heteroatoms. The average molecular weight is 268 g/mol. The Labute approximate surface area is 102 Å². The molecule has 1 aliphatic heterocycles. The standard InChI is InChI=1S/C7H15N2O.C2H6O4S/c1-3-9(7(2)10)5-4-8-6-9;1-2-6-7(3,4)5/h6-7,10H,3-5H2,1-2H3;2H2,1H3,(H,3,4,5)/q+1;/p-1. The third-order valence-corrected chi connectivity index (χ3v) is 3.08. The smallest absolute Gasteiger partial charge is 0.217 e. The van der Waals surface area contributed by atoms with Gasteiger partial charge in [0.2, 0.25) is 10.4 Å². The first-order chi connectivity index (χ1) is 7.77. The van der Waals surface area contributed by atoms with Crippen LogP contribution in [0.2, 0.25) is 0 Å². The van der Waals surface area contributed by atoms with Gasteiger partial charge in [0, 0.05) is 6.92 Å². The van der Waals surface area contributed by atoms with Crippen LogP contribution in [0.5, 0.6) is 0 Å². The van der Waals surface area contributed by atoms with Gasteiger partial charge in [-0.1, -0.05) is 0 Å². The molecular weight excluding hydrogens is 248 g/mol. The highest BCUT2D eigenvalue weighted by molar-refractivity contribution is 7.80. The number of likely N-dealkylation sites (N-methyl/N-ethyl adjacent to an activating group) is 1. The number of hydrogen-bond acceptors (Lipinski definition) is 6. The second-order valence-electron chi connectivity index (χ2n) is 3.61. The van der Waals surface area contributed by atoms with Crippen molar-refractivity contribution in [1.29, 1.82) is 0 Å². The fourth-order valence-electron chi connectivity index (χ4n) is 1.45. The van der Waals surface area contributed by atoms with Crippen LogP contribution in [0.25, 0.3) is 0 Å². The fraction of sp³-hybridized carbons (Fsp3) is 0.889. The zero-order chi connectivity index (χ0) is 13.5. The van der Waals surface area contributed by atoms with Gasteiger partial charge in [0.1, 0.15) is 6.54 Å². The normalized spacial score (nSPS) is 25.2. The van der Waals surface area contributed by atoms with E-state index < -0.39 is 10.4 Å². The fourth-order valence-corrected chi connectivity index (χ4v) is 1.74. The third kappa shape index (κ3) is 6.08. The van der Waals surface area contributed by atoms with Crippen LogP contribution in [0.3, 0.4) is 0 Å². The van der Waals surface area contributed by atoms with E-state index in [9.17, 15) is 18.1 Å². The van der Waals surface area contributed by atoms with Crippen molar-refractivity contribution < 1.29 is 26.7 Å². The van der Waals surface area contributed by atoms with Gasteiger partial charge < -0.3 is 9.66 Å². The van der Waals surface area contributed by atoms with Gasteiger partial charge in [0.15, 0.2) is 12.6 Å². The van der Waals surface area contributed by atoms with Crippen LogP contribution >= 0.6 is 0 Å². The van der Waals surface area contributed by atoms with Crippen molar-refractivity contribution in [2.24, 2.45) is 4.99 Å². The molecule has 102 valence electrons. The summed E-state index contributed by atoms with van der Waals surface area (Å²) in [6, 6.07) is 0. The molecule has 0 aromatic heterocycles. The highest BCUT2D eigenvalue weighted by Crippen LogP contribution is 2.12. The molecule has 0 radical (unpaired) electrons. The van der Waals surface area contributed by atoms with E-state index in [4.69, 9.17) is 0 Å². The second-order valence-corrected chi connectivity index (χ2v) is 4.66. The zero-order valence-electron chi connectivity index (χ0n) is 10.4. The topological polar surface area (TPSA) is 99.0 Å². The molecule has 2 unspecified atom stereocenters. The lowest BCUT2D eigenvalue weighted by Crippen LogP contribution is -2.51. The van der Waals surface area contributed by atoms with E-state index in [0.717, 1.165) is 19.6 Å². The van der Waals surface area contributed by atoms with Crippen molar-refractivity contribution in [1.82, 2.24) is 0 Å². The Kier molecular flexibility index (Phi) is 6.80. The summed E-state index contributed by atoms with van der Waals surface area (Å²) in [5, 5.41) is 9.38. The number of aliphatic hydroxyl groups excluding tert-OH is 1. The van der Waals surface area contributed by atoms with Gasteiger partial charge in [-0.3, -0.25) is 8.67 Å². The quantitative estimate of drug-likeness (QED) is 0.428. The minimum Gasteiger partial charge on any atom is -0.726 e. The largest absolute Gasteiger partial charge is 0.726 e. The number of quaternary nitrogens is 1. The van der Waals surface area contributed by atoms with Crippen LogP contribution in [0.1, 0.15) is 20.8 Å². The number of rotatable bonds is 4. The minimum absolute atomic E-state index is 0.0914. The number of hydrogen-bond donors (Lipinski definition) is 1. The van der Waals surface area contributed by atoms with Crippen LogP contribution in [0, 0.1) is 0 Å². The third-order valence-electron chi connectivity index (χ3n) is 2.55. The molecular formula is C9H20N2O5S. The Morgan fingerprint density at radius 1 is 1.59 bits per heavy atom. The lowest BCUT2D eigenvalue weighted by molar-refractivity contribution is -0.875. The van der Waals surface area contributed by atoms with Crippen molar-refractivity contribution in [2.75, 3.05) is 26.2 Å². The van der Waals surface area contributed by atoms with Crippen LogP contribution in [-0.2, 0) is 14.6 Å². The van der Waals surface area contributed by atoms with E-state index in [-0.39, 0.29) is 12.8 Å². The van der Waals surface area contributed by atoms with Crippen molar-refractivity contribution in [3.05, 3.63) is 0 Å². The van der Waals surface area contributed by atoms with E-state index in [0.29, 0.717) is 4.48 Å². The molecule has 0 saturated carbocycles. The Balaban J connectivity index is 0.000000325. The van der Waals surface area contributed by atoms with Crippen molar-refractivity contribution in [2.45, 2.75) is 27.0 Å². The van der Waals surface area contributed by atoms with Crippen LogP contribution < -0.4 is 0 Å². The lowest BCUT2D eigenvalue weighted by Gasteiger charge is -2.31. The van der Waals surface area contributed by atoms with E-state index >= 15 is 0 Å². The monoisotopic (exact) mass is 268 g/mol. The molecule has 0 aromatic rings. The maximum Gasteiger partial charge on any atom is 0.217 e. The molecule has 0 aliphatic carbocycles. The Morgan fingerprint density at radius 2 is 2.18 bits per heavy atom. The first-order valence-corrected chi connectivity index (χ1v) is 6.76. The molecule has 0 spiro atoms. The van der Waals surface area contributed by atoms with Gasteiger partial charge in [-0.25, -0.2) is 13.4 Å². The molecule has 1 N–H and O–H groups in total. The van der Waals surface area contributed by atoms with Crippen LogP contribution in [0.15, 0.2) is 4.99 Å². The van der Waals surface area contributed by atoms with Crippen molar-refractivity contribution in [3.8, 4) is 0 Å². The maximum absolute atomic E-state index is 9.45. The van der Waals surface area contributed by atoms with E-state index in [1.54, 1.807) is 0 Å². The highest BCUT2D eigenvalue weighted by Gasteiger charge is 2.31. The van der Waals surface area contributed by atoms with Gasteiger partial charge in [-0.15, -0.1) is 0 Å². The zero-order valence-corrected chi connectivity index (χ0v) is 11.2. The molecule has 2 atom stereocenters. The minimum atomic E-state index is -4.42. The summed E-state index contributed by atoms with van der Waals surface area (Å²) < 4.78 is 32.6. The molecule has 17 heavy (non-hydrogen) atoms. The summed E-state index contributed by atoms with van der Waals surface area (Å²) in [6.45, 7) is 7.97. The van der Waals surface area contributed by atoms with Crippen molar-refractivity contribution >= 4 is 16.7 Å². The van der Waals surface area contributed by atoms with Gasteiger partial charge in [-0.05, 0) is 13.8 Å². The van der Waals surface area contributed by atoms with Crippen molar-refractivity contribution in [3.63, 3.8) is 0 Å². The summed E-state index contributed by atoms with van der Waals surface area (Å²) in [5.74, 6) is 0. The van der Waals surface area contributed by atoms with Crippen LogP contribution in [-0.4, -0.2) is 61.4 Å². The lowest BCUT2D eigenvalue weighted by atomic mass is 10.4. The summed E-state index contributed by atoms with van der Waals surface area (Å²) in [6.07, 6.45) is 1.56. The summed E-state index contributed by atoms with van der Waals surface area (Å²) in [5.41, 5.74) is 0. The predicted molar refractivity (Wildman–Crippen MR) is 62.0 cm³/mol. The van der Waals surface area contributed by atoms with Crippen LogP contribution in [0.4, 0.5) is 0 Å². The molecule has 0 aromatic carbocycles. The summed E-state index contributed by atoms with van der Waals surface area (Å²) >= 11 is 0. The Morgan fingerprint density at radius 3 is 2.29 bits per heavy atom. The highest BCUT2D eigenvalue weighted by atomic mass is 32.3. The number of nitrogens with zero attached hydrogens (tertiary/aromatic N) is 2. The molecule has 7 nitrogen and oxygen atoms in total. The molecule has 0 saturated heterocycles. The second kappa shape index (κ2) is 7.02. The molecule has 0 amide bonds. The summed E-state index contributed by atoms with van der Waals surface area (Å²) in [7, 11) is -4.42. The molecule has 1 rings (SSSR count). The van der Waals surface area contributed by atoms with E-state index in [1.165, 1.54) is 6.92 Å². The average Bonchev–Trinajstić information content (AvgIpc) is 2.66. The number of aliphatic imine (C=N–C) groups is 1. The molecule has 0 fully saturated rings. The number of aliphatic hydroxyl groups is 1. The van der Waals surface area contributed by atoms with E-state index in [1.807, 2.05) is 13.3 Å². The predicted octanol–water partition coefficient (Wildman–Crippen LogP) is -0.314. The molecule has 1 heterocycles. The van der Waals surface area contributed by atoms with Gasteiger partial charge in [0.05, 0.1) is 19.7 Å². The van der Waals surface area contributed by atoms with Gasteiger partial charge >= 0.3 is 0 Å². The SMILES string of the molecule is CCOS(=O)(=O)[O-].CC[N+]1(C(C)O)C=NCC1. The first kappa shape index (κ1) is 16.5. The van der Waals surface area contributed by atoms with Gasteiger partial charge in [-0.2, -0.15) is 0 Å². The van der Waals surface area contributed by atoms with E-state index in [2.05, 4.69) is 16.1 Å². The first-order valence-electron chi connectivity index (χ1n) is 5.43. The summed E-state index contributed by atoms with van der Waals surface area (Å²) in [4.78, 5) is 4.12. The van der Waals surface area contributed by atoms with Gasteiger partial charge in [0.25, 0.3) is 0 Å². The molecule has 0 bridgehead atoms.